The van der Waals surface area contributed by atoms with E-state index in [0.717, 1.165) is 16.9 Å². The van der Waals surface area contributed by atoms with E-state index in [1.165, 1.54) is 12.1 Å². The third kappa shape index (κ3) is 6.35. The summed E-state index contributed by atoms with van der Waals surface area (Å²) in [5, 5.41) is 0. The fourth-order valence-electron chi connectivity index (χ4n) is 3.38. The summed E-state index contributed by atoms with van der Waals surface area (Å²) in [5.41, 5.74) is 8.42. The van der Waals surface area contributed by atoms with Gasteiger partial charge in [-0.1, -0.05) is 30.3 Å². The number of H-pyrrole nitrogens is 1. The first-order valence-electron chi connectivity index (χ1n) is 10.8. The summed E-state index contributed by atoms with van der Waals surface area (Å²) in [6.45, 7) is 0. The van der Waals surface area contributed by atoms with Crippen LogP contribution in [0.3, 0.4) is 0 Å². The number of esters is 2. The minimum absolute atomic E-state index is 0.0111. The smallest absolute Gasteiger partial charge is 0.345 e. The van der Waals surface area contributed by atoms with Gasteiger partial charge in [0, 0.05) is 12.6 Å². The van der Waals surface area contributed by atoms with E-state index < -0.39 is 34.5 Å². The van der Waals surface area contributed by atoms with E-state index in [1.54, 1.807) is 48.7 Å². The number of hydrogen-bond acceptors (Lipinski definition) is 8. The summed E-state index contributed by atoms with van der Waals surface area (Å²) in [6, 6.07) is 18.0. The number of fused-ring (bicyclic) bond motifs is 1. The lowest BCUT2D eigenvalue weighted by atomic mass is 10.1. The Labute approximate surface area is 201 Å². The maximum absolute atomic E-state index is 12.3. The molecule has 4 rings (SSSR count). The minimum Gasteiger partial charge on any atom is -0.389 e. The van der Waals surface area contributed by atoms with Gasteiger partial charge in [-0.15, -0.1) is 0 Å². The summed E-state index contributed by atoms with van der Waals surface area (Å²) in [7, 11) is -3.90. The first-order valence-corrected chi connectivity index (χ1v) is 12.2. The van der Waals surface area contributed by atoms with Crippen LogP contribution in [0.5, 0.6) is 0 Å². The normalized spacial score (nSPS) is 12.4. The highest BCUT2D eigenvalue weighted by Gasteiger charge is 2.21. The van der Waals surface area contributed by atoms with Gasteiger partial charge in [0.2, 0.25) is 10.0 Å². The van der Waals surface area contributed by atoms with Crippen molar-refractivity contribution in [2.45, 2.75) is 30.3 Å². The molecular weight excluding hydrogens is 470 g/mol. The Morgan fingerprint density at radius 3 is 2.46 bits per heavy atom. The Hall–Kier alpha value is -3.93. The summed E-state index contributed by atoms with van der Waals surface area (Å²) < 4.78 is 31.5. The first kappa shape index (κ1) is 24.2. The lowest BCUT2D eigenvalue weighted by Gasteiger charge is -2.13. The van der Waals surface area contributed by atoms with Crippen LogP contribution in [0.4, 0.5) is 0 Å². The maximum atomic E-state index is 12.3. The number of ether oxygens (including phenoxy) is 1. The van der Waals surface area contributed by atoms with Gasteiger partial charge in [0.15, 0.2) is 5.65 Å². The monoisotopic (exact) mass is 493 g/mol. The largest absolute Gasteiger partial charge is 0.389 e. The number of benzene rings is 2. The molecule has 2 aromatic heterocycles. The molecular formula is C24H23N5O5S. The molecule has 0 amide bonds. The molecule has 2 heterocycles. The predicted molar refractivity (Wildman–Crippen MR) is 128 cm³/mol. The Balaban J connectivity index is 1.27. The lowest BCUT2D eigenvalue weighted by Crippen LogP contribution is -2.43. The molecule has 0 spiro atoms. The van der Waals surface area contributed by atoms with Crippen molar-refractivity contribution >= 4 is 33.1 Å². The average molecular weight is 494 g/mol. The number of pyridine rings is 1. The first-order chi connectivity index (χ1) is 16.8. The average Bonchev–Trinajstić information content (AvgIpc) is 3.26. The molecule has 0 unspecified atom stereocenters. The van der Waals surface area contributed by atoms with E-state index in [9.17, 15) is 18.0 Å². The lowest BCUT2D eigenvalue weighted by molar-refractivity contribution is -0.138. The Kier molecular flexibility index (Phi) is 7.30. The SMILES string of the molecule is N[C@H](CC(=O)OC(=O)c1ccc(CCc2nc3ncccc3[nH]2)cc1)NS(=O)(=O)c1ccccc1. The fraction of sp³-hybridized carbons (Fsp3) is 0.167. The quantitative estimate of drug-likeness (QED) is 0.182. The van der Waals surface area contributed by atoms with Crippen molar-refractivity contribution < 1.29 is 22.7 Å². The number of imidazole rings is 1. The third-order valence-electron chi connectivity index (χ3n) is 5.10. The highest BCUT2D eigenvalue weighted by atomic mass is 32.2. The highest BCUT2D eigenvalue weighted by molar-refractivity contribution is 7.89. The molecule has 0 bridgehead atoms. The molecule has 10 nitrogen and oxygen atoms in total. The molecule has 4 N–H and O–H groups in total. The molecule has 0 saturated carbocycles. The van der Waals surface area contributed by atoms with Gasteiger partial charge in [0.1, 0.15) is 5.82 Å². The number of hydrogen-bond donors (Lipinski definition) is 3. The number of carbonyl (C=O) groups is 2. The van der Waals surface area contributed by atoms with Crippen LogP contribution < -0.4 is 10.5 Å². The molecule has 2 aromatic carbocycles. The van der Waals surface area contributed by atoms with Crippen LogP contribution in [-0.4, -0.2) is 41.5 Å². The van der Waals surface area contributed by atoms with Crippen LogP contribution in [0, 0.1) is 0 Å². The standard InChI is InChI=1S/C24H23N5O5S/c25-20(29-35(32,33)18-5-2-1-3-6-18)15-22(30)34-24(31)17-11-8-16(9-12-17)10-13-21-27-19-7-4-14-26-23(19)28-21/h1-9,11-12,14,20,29H,10,13,15,25H2,(H,26,27,28)/t20-/m0/s1. The molecule has 0 aliphatic rings. The highest BCUT2D eigenvalue weighted by Crippen LogP contribution is 2.13. The Morgan fingerprint density at radius 1 is 1.00 bits per heavy atom. The van der Waals surface area contributed by atoms with Gasteiger partial charge in [-0.05, 0) is 48.4 Å². The molecule has 180 valence electrons. The van der Waals surface area contributed by atoms with E-state index in [0.29, 0.717) is 18.5 Å². The summed E-state index contributed by atoms with van der Waals surface area (Å²) >= 11 is 0. The topological polar surface area (TPSA) is 157 Å². The van der Waals surface area contributed by atoms with E-state index in [1.807, 2.05) is 12.1 Å². The summed E-state index contributed by atoms with van der Waals surface area (Å²) in [6.07, 6.45) is 1.27. The number of aromatic amines is 1. The minimum atomic E-state index is -3.90. The molecule has 1 atom stereocenters. The molecule has 0 aliphatic carbocycles. The van der Waals surface area contributed by atoms with Crippen molar-refractivity contribution in [3.05, 3.63) is 89.9 Å². The van der Waals surface area contributed by atoms with Gasteiger partial charge in [-0.2, -0.15) is 4.72 Å². The summed E-state index contributed by atoms with van der Waals surface area (Å²) in [4.78, 5) is 36.2. The number of nitrogens with two attached hydrogens (primary N) is 1. The van der Waals surface area contributed by atoms with Crippen LogP contribution in [0.15, 0.2) is 77.8 Å². The molecule has 0 fully saturated rings. The Bertz CT molecular complexity index is 1400. The second kappa shape index (κ2) is 10.6. The number of aromatic nitrogens is 3. The zero-order valence-corrected chi connectivity index (χ0v) is 19.4. The maximum Gasteiger partial charge on any atom is 0.345 e. The van der Waals surface area contributed by atoms with Crippen LogP contribution in [0.25, 0.3) is 11.2 Å². The molecule has 4 aromatic rings. The number of aryl methyl sites for hydroxylation is 2. The number of nitrogens with one attached hydrogen (secondary N) is 2. The van der Waals surface area contributed by atoms with E-state index in [-0.39, 0.29) is 10.5 Å². The predicted octanol–water partition coefficient (Wildman–Crippen LogP) is 2.08. The van der Waals surface area contributed by atoms with Gasteiger partial charge < -0.3 is 15.5 Å². The fourth-order valence-corrected chi connectivity index (χ4v) is 4.51. The van der Waals surface area contributed by atoms with Gasteiger partial charge >= 0.3 is 11.9 Å². The zero-order chi connectivity index (χ0) is 24.8. The third-order valence-corrected chi connectivity index (χ3v) is 6.61. The molecule has 35 heavy (non-hydrogen) atoms. The summed E-state index contributed by atoms with van der Waals surface area (Å²) in [5.74, 6) is -0.976. The Morgan fingerprint density at radius 2 is 1.74 bits per heavy atom. The van der Waals surface area contributed by atoms with E-state index >= 15 is 0 Å². The molecule has 0 saturated heterocycles. The number of nitrogens with zero attached hydrogens (tertiary/aromatic N) is 2. The van der Waals surface area contributed by atoms with Crippen LogP contribution in [0.1, 0.15) is 28.2 Å². The molecule has 0 radical (unpaired) electrons. The second-order valence-corrected chi connectivity index (χ2v) is 9.48. The van der Waals surface area contributed by atoms with Crippen LogP contribution in [-0.2, 0) is 32.4 Å². The van der Waals surface area contributed by atoms with Gasteiger partial charge in [-0.25, -0.2) is 23.2 Å². The van der Waals surface area contributed by atoms with E-state index in [4.69, 9.17) is 10.5 Å². The van der Waals surface area contributed by atoms with Crippen molar-refractivity contribution in [2.75, 3.05) is 0 Å². The molecule has 11 heteroatoms. The van der Waals surface area contributed by atoms with Crippen LogP contribution in [0.2, 0.25) is 0 Å². The number of sulfonamides is 1. The van der Waals surface area contributed by atoms with Gasteiger partial charge in [0.05, 0.1) is 28.6 Å². The van der Waals surface area contributed by atoms with Crippen LogP contribution >= 0.6 is 0 Å². The van der Waals surface area contributed by atoms with Gasteiger partial charge in [0.25, 0.3) is 0 Å². The number of carbonyl (C=O) groups excluding carboxylic acids is 2. The van der Waals surface area contributed by atoms with Crippen molar-refractivity contribution in [3.8, 4) is 0 Å². The van der Waals surface area contributed by atoms with Crippen molar-refractivity contribution in [1.82, 2.24) is 19.7 Å². The zero-order valence-electron chi connectivity index (χ0n) is 18.5. The van der Waals surface area contributed by atoms with E-state index in [2.05, 4.69) is 19.7 Å². The van der Waals surface area contributed by atoms with Crippen molar-refractivity contribution in [1.29, 1.82) is 0 Å². The molecule has 0 aliphatic heterocycles. The van der Waals surface area contributed by atoms with Crippen molar-refractivity contribution in [2.24, 2.45) is 5.73 Å². The number of rotatable bonds is 9. The van der Waals surface area contributed by atoms with Gasteiger partial charge in [-0.3, -0.25) is 4.79 Å². The second-order valence-electron chi connectivity index (χ2n) is 7.76. The van der Waals surface area contributed by atoms with Crippen molar-refractivity contribution in [3.63, 3.8) is 0 Å².